The van der Waals surface area contributed by atoms with Crippen LogP contribution in [0.5, 0.6) is 11.5 Å². The molecule has 162 valence electrons. The van der Waals surface area contributed by atoms with Gasteiger partial charge in [0.15, 0.2) is 17.3 Å². The number of hydrogen-bond donors (Lipinski definition) is 1. The Hall–Kier alpha value is -4.06. The molecule has 0 saturated carbocycles. The molecule has 0 aliphatic rings. The van der Waals surface area contributed by atoms with Gasteiger partial charge in [0.1, 0.15) is 12.2 Å². The summed E-state index contributed by atoms with van der Waals surface area (Å²) in [5, 5.41) is 4.90. The molecule has 0 aliphatic heterocycles. The van der Waals surface area contributed by atoms with Gasteiger partial charge in [-0.25, -0.2) is 5.43 Å². The molecule has 1 amide bonds. The fourth-order valence-electron chi connectivity index (χ4n) is 3.15. The Morgan fingerprint density at radius 3 is 2.59 bits per heavy atom. The lowest BCUT2D eigenvalue weighted by Crippen LogP contribution is -2.16. The number of ether oxygens (including phenoxy) is 2. The summed E-state index contributed by atoms with van der Waals surface area (Å²) in [6.45, 7) is 4.92. The van der Waals surface area contributed by atoms with Crippen LogP contribution in [-0.2, 0) is 6.61 Å². The highest BCUT2D eigenvalue weighted by atomic mass is 16.5. The Bertz CT molecular complexity index is 1210. The average Bonchev–Trinajstić information content (AvgIpc) is 3.24. The van der Waals surface area contributed by atoms with Crippen molar-refractivity contribution >= 4 is 23.1 Å². The van der Waals surface area contributed by atoms with E-state index in [2.05, 4.69) is 29.6 Å². The van der Waals surface area contributed by atoms with E-state index in [4.69, 9.17) is 13.9 Å². The first-order chi connectivity index (χ1) is 15.6. The molecule has 3 aromatic carbocycles. The first-order valence-corrected chi connectivity index (χ1v) is 10.4. The molecule has 4 aromatic rings. The minimum atomic E-state index is -0.416. The van der Waals surface area contributed by atoms with E-state index in [1.165, 1.54) is 5.56 Å². The molecular weight excluding hydrogens is 404 g/mol. The number of rotatable bonds is 8. The number of nitrogens with zero attached hydrogens (tertiary/aromatic N) is 1. The number of aryl methyl sites for hydroxylation is 1. The standard InChI is InChI=1S/C26H24N2O4/c1-3-30-24-14-20(12-13-23(24)31-17-19-10-8-18(2)9-11-19)16-27-28-26(29)25-15-21-6-4-5-7-22(21)32-25/h4-16H,3,17H2,1-2H3,(H,28,29). The van der Waals surface area contributed by atoms with Gasteiger partial charge in [-0.3, -0.25) is 4.79 Å². The van der Waals surface area contributed by atoms with E-state index in [-0.39, 0.29) is 5.76 Å². The summed E-state index contributed by atoms with van der Waals surface area (Å²) in [5.41, 5.74) is 6.20. The molecule has 1 heterocycles. The molecule has 0 saturated heterocycles. The van der Waals surface area contributed by atoms with E-state index in [1.54, 1.807) is 12.3 Å². The van der Waals surface area contributed by atoms with Crippen LogP contribution in [0.2, 0.25) is 0 Å². The van der Waals surface area contributed by atoms with Gasteiger partial charge < -0.3 is 13.9 Å². The molecule has 6 nitrogen and oxygen atoms in total. The van der Waals surface area contributed by atoms with Gasteiger partial charge in [-0.05, 0) is 55.3 Å². The van der Waals surface area contributed by atoms with Crippen LogP contribution in [0.3, 0.4) is 0 Å². The second-order valence-electron chi connectivity index (χ2n) is 7.26. The molecule has 0 bridgehead atoms. The number of furan rings is 1. The molecule has 0 atom stereocenters. The third-order valence-electron chi connectivity index (χ3n) is 4.81. The Morgan fingerprint density at radius 1 is 1.00 bits per heavy atom. The summed E-state index contributed by atoms with van der Waals surface area (Å²) in [5.74, 6) is 1.06. The van der Waals surface area contributed by atoms with Gasteiger partial charge >= 0.3 is 5.91 Å². The number of carbonyl (C=O) groups excluding carboxylic acids is 1. The third kappa shape index (κ3) is 5.16. The zero-order valence-corrected chi connectivity index (χ0v) is 18.0. The molecule has 0 spiro atoms. The second kappa shape index (κ2) is 9.83. The zero-order chi connectivity index (χ0) is 22.3. The number of benzene rings is 3. The van der Waals surface area contributed by atoms with Gasteiger partial charge in [0.2, 0.25) is 0 Å². The average molecular weight is 428 g/mol. The highest BCUT2D eigenvalue weighted by Crippen LogP contribution is 2.29. The number of carbonyl (C=O) groups is 1. The molecule has 1 aromatic heterocycles. The summed E-state index contributed by atoms with van der Waals surface area (Å²) in [6.07, 6.45) is 1.55. The fourth-order valence-corrected chi connectivity index (χ4v) is 3.15. The van der Waals surface area contributed by atoms with E-state index in [9.17, 15) is 4.79 Å². The SMILES string of the molecule is CCOc1cc(C=NNC(=O)c2cc3ccccc3o2)ccc1OCc1ccc(C)cc1. The van der Waals surface area contributed by atoms with Crippen LogP contribution >= 0.6 is 0 Å². The summed E-state index contributed by atoms with van der Waals surface area (Å²) in [6, 6.07) is 22.8. The van der Waals surface area contributed by atoms with E-state index in [1.807, 2.05) is 61.5 Å². The van der Waals surface area contributed by atoms with Gasteiger partial charge in [0.25, 0.3) is 0 Å². The van der Waals surface area contributed by atoms with Crippen molar-refractivity contribution in [2.75, 3.05) is 6.61 Å². The van der Waals surface area contributed by atoms with Crippen molar-refractivity contribution in [2.24, 2.45) is 5.10 Å². The predicted molar refractivity (Wildman–Crippen MR) is 124 cm³/mol. The topological polar surface area (TPSA) is 73.1 Å². The van der Waals surface area contributed by atoms with Crippen LogP contribution in [0, 0.1) is 6.92 Å². The summed E-state index contributed by atoms with van der Waals surface area (Å²) < 4.78 is 17.2. The molecule has 0 fully saturated rings. The molecule has 0 aliphatic carbocycles. The number of nitrogens with one attached hydrogen (secondary N) is 1. The molecule has 0 radical (unpaired) electrons. The van der Waals surface area contributed by atoms with Crippen molar-refractivity contribution in [1.82, 2.24) is 5.43 Å². The first-order valence-electron chi connectivity index (χ1n) is 10.4. The second-order valence-corrected chi connectivity index (χ2v) is 7.26. The predicted octanol–water partition coefficient (Wildman–Crippen LogP) is 5.48. The van der Waals surface area contributed by atoms with E-state index >= 15 is 0 Å². The Kier molecular flexibility index (Phi) is 6.51. The molecule has 1 N–H and O–H groups in total. The number of hydrazone groups is 1. The third-order valence-corrected chi connectivity index (χ3v) is 4.81. The van der Waals surface area contributed by atoms with Crippen molar-refractivity contribution < 1.29 is 18.7 Å². The van der Waals surface area contributed by atoms with Gasteiger partial charge in [-0.2, -0.15) is 5.10 Å². The van der Waals surface area contributed by atoms with E-state index in [0.717, 1.165) is 16.5 Å². The maximum atomic E-state index is 12.3. The number of hydrogen-bond acceptors (Lipinski definition) is 5. The lowest BCUT2D eigenvalue weighted by Gasteiger charge is -2.12. The minimum Gasteiger partial charge on any atom is -0.490 e. The Balaban J connectivity index is 1.41. The molecule has 6 heteroatoms. The van der Waals surface area contributed by atoms with Crippen molar-refractivity contribution in [3.63, 3.8) is 0 Å². The molecular formula is C26H24N2O4. The van der Waals surface area contributed by atoms with Gasteiger partial charge in [-0.15, -0.1) is 0 Å². The largest absolute Gasteiger partial charge is 0.490 e. The maximum Gasteiger partial charge on any atom is 0.307 e. The number of amides is 1. The fraction of sp³-hybridized carbons (Fsp3) is 0.154. The Labute approximate surface area is 186 Å². The van der Waals surface area contributed by atoms with Crippen LogP contribution < -0.4 is 14.9 Å². The Morgan fingerprint density at radius 2 is 1.81 bits per heavy atom. The van der Waals surface area contributed by atoms with E-state index < -0.39 is 5.91 Å². The van der Waals surface area contributed by atoms with Crippen LogP contribution in [-0.4, -0.2) is 18.7 Å². The van der Waals surface area contributed by atoms with Crippen LogP contribution in [0.25, 0.3) is 11.0 Å². The highest BCUT2D eigenvalue weighted by Gasteiger charge is 2.11. The van der Waals surface area contributed by atoms with Crippen molar-refractivity contribution in [2.45, 2.75) is 20.5 Å². The quantitative estimate of drug-likeness (QED) is 0.298. The van der Waals surface area contributed by atoms with Gasteiger partial charge in [0, 0.05) is 5.39 Å². The molecule has 4 rings (SSSR count). The number of fused-ring (bicyclic) bond motifs is 1. The van der Waals surface area contributed by atoms with Crippen LogP contribution in [0.15, 0.2) is 82.3 Å². The highest BCUT2D eigenvalue weighted by molar-refractivity contribution is 5.96. The molecule has 0 unspecified atom stereocenters. The smallest absolute Gasteiger partial charge is 0.307 e. The lowest BCUT2D eigenvalue weighted by molar-refractivity contribution is 0.0929. The normalized spacial score (nSPS) is 11.1. The van der Waals surface area contributed by atoms with Crippen LogP contribution in [0.1, 0.15) is 34.2 Å². The molecule has 32 heavy (non-hydrogen) atoms. The maximum absolute atomic E-state index is 12.3. The number of para-hydroxylation sites is 1. The van der Waals surface area contributed by atoms with Crippen LogP contribution in [0.4, 0.5) is 0 Å². The van der Waals surface area contributed by atoms with Crippen molar-refractivity contribution in [3.8, 4) is 11.5 Å². The summed E-state index contributed by atoms with van der Waals surface area (Å²) in [4.78, 5) is 12.3. The summed E-state index contributed by atoms with van der Waals surface area (Å²) >= 11 is 0. The monoisotopic (exact) mass is 428 g/mol. The van der Waals surface area contributed by atoms with Crippen molar-refractivity contribution in [1.29, 1.82) is 0 Å². The summed E-state index contributed by atoms with van der Waals surface area (Å²) in [7, 11) is 0. The van der Waals surface area contributed by atoms with Gasteiger partial charge in [0.05, 0.1) is 12.8 Å². The zero-order valence-electron chi connectivity index (χ0n) is 18.0. The first kappa shape index (κ1) is 21.2. The van der Waals surface area contributed by atoms with Gasteiger partial charge in [-0.1, -0.05) is 48.0 Å². The van der Waals surface area contributed by atoms with Crippen molar-refractivity contribution in [3.05, 3.63) is 95.2 Å². The van der Waals surface area contributed by atoms with E-state index in [0.29, 0.717) is 30.3 Å². The lowest BCUT2D eigenvalue weighted by atomic mass is 10.2. The minimum absolute atomic E-state index is 0.207.